The number of amides is 1. The fourth-order valence-electron chi connectivity index (χ4n) is 3.19. The molecule has 1 aromatic carbocycles. The fourth-order valence-corrected chi connectivity index (χ4v) is 4.50. The lowest BCUT2D eigenvalue weighted by molar-refractivity contribution is 0.0953. The van der Waals surface area contributed by atoms with Crippen molar-refractivity contribution in [3.8, 4) is 11.5 Å². The van der Waals surface area contributed by atoms with Gasteiger partial charge in [-0.2, -0.15) is 0 Å². The molecule has 146 valence electrons. The number of hydrogen-bond donors (Lipinski definition) is 1. The van der Waals surface area contributed by atoms with Gasteiger partial charge in [-0.05, 0) is 25.0 Å². The Kier molecular flexibility index (Phi) is 7.28. The monoisotopic (exact) mass is 384 g/mol. The van der Waals surface area contributed by atoms with E-state index in [9.17, 15) is 13.2 Å². The van der Waals surface area contributed by atoms with E-state index in [-0.39, 0.29) is 24.2 Å². The lowest BCUT2D eigenvalue weighted by Gasteiger charge is -2.30. The first-order chi connectivity index (χ1) is 12.4. The van der Waals surface area contributed by atoms with Crippen molar-refractivity contribution in [1.82, 2.24) is 9.62 Å². The molecule has 7 nitrogen and oxygen atoms in total. The average molecular weight is 384 g/mol. The summed E-state index contributed by atoms with van der Waals surface area (Å²) in [4.78, 5) is 12.3. The van der Waals surface area contributed by atoms with E-state index in [1.54, 1.807) is 25.2 Å². The summed E-state index contributed by atoms with van der Waals surface area (Å²) in [5.41, 5.74) is 0.339. The van der Waals surface area contributed by atoms with Gasteiger partial charge in [-0.1, -0.05) is 19.3 Å². The highest BCUT2D eigenvalue weighted by molar-refractivity contribution is 7.89. The Hall–Kier alpha value is -1.80. The van der Waals surface area contributed by atoms with Gasteiger partial charge in [-0.25, -0.2) is 12.7 Å². The van der Waals surface area contributed by atoms with Crippen molar-refractivity contribution in [1.29, 1.82) is 0 Å². The lowest BCUT2D eigenvalue weighted by atomic mass is 9.96. The van der Waals surface area contributed by atoms with Gasteiger partial charge in [-0.3, -0.25) is 4.79 Å². The SMILES string of the molecule is COc1ccc(C(=O)NCCS(=O)(=O)N(C)C2CCCCC2)c(OC)c1. The smallest absolute Gasteiger partial charge is 0.255 e. The van der Waals surface area contributed by atoms with E-state index in [4.69, 9.17) is 9.47 Å². The molecule has 8 heteroatoms. The third-order valence-electron chi connectivity index (χ3n) is 4.83. The van der Waals surface area contributed by atoms with Gasteiger partial charge in [0, 0.05) is 25.7 Å². The van der Waals surface area contributed by atoms with E-state index in [0.717, 1.165) is 25.7 Å². The van der Waals surface area contributed by atoms with Crippen LogP contribution in [0.3, 0.4) is 0 Å². The summed E-state index contributed by atoms with van der Waals surface area (Å²) in [7, 11) is 1.24. The lowest BCUT2D eigenvalue weighted by Crippen LogP contribution is -2.42. The Morgan fingerprint density at radius 3 is 2.50 bits per heavy atom. The van der Waals surface area contributed by atoms with Gasteiger partial charge in [0.05, 0.1) is 25.5 Å². The topological polar surface area (TPSA) is 84.9 Å². The summed E-state index contributed by atoms with van der Waals surface area (Å²) in [5.74, 6) is 0.462. The molecule has 1 aliphatic rings. The molecule has 2 rings (SSSR count). The van der Waals surface area contributed by atoms with E-state index in [0.29, 0.717) is 17.1 Å². The molecule has 1 fully saturated rings. The van der Waals surface area contributed by atoms with Crippen LogP contribution in [0.2, 0.25) is 0 Å². The van der Waals surface area contributed by atoms with Gasteiger partial charge in [0.2, 0.25) is 10.0 Å². The molecule has 0 heterocycles. The molecular weight excluding hydrogens is 356 g/mol. The molecule has 1 amide bonds. The average Bonchev–Trinajstić information content (AvgIpc) is 2.67. The number of benzene rings is 1. The molecule has 0 aliphatic heterocycles. The van der Waals surface area contributed by atoms with Crippen LogP contribution in [-0.2, 0) is 10.0 Å². The predicted molar refractivity (Wildman–Crippen MR) is 100 cm³/mol. The van der Waals surface area contributed by atoms with E-state index < -0.39 is 10.0 Å². The van der Waals surface area contributed by atoms with Crippen LogP contribution in [0.1, 0.15) is 42.5 Å². The van der Waals surface area contributed by atoms with Crippen LogP contribution in [0.4, 0.5) is 0 Å². The number of hydrogen-bond acceptors (Lipinski definition) is 5. The van der Waals surface area contributed by atoms with Crippen molar-refractivity contribution >= 4 is 15.9 Å². The molecular formula is C18H28N2O5S. The number of rotatable bonds is 8. The number of methoxy groups -OCH3 is 2. The highest BCUT2D eigenvalue weighted by Crippen LogP contribution is 2.25. The van der Waals surface area contributed by atoms with E-state index >= 15 is 0 Å². The summed E-state index contributed by atoms with van der Waals surface area (Å²) < 4.78 is 36.8. The minimum Gasteiger partial charge on any atom is -0.497 e. The molecule has 0 radical (unpaired) electrons. The van der Waals surface area contributed by atoms with Crippen LogP contribution in [0.25, 0.3) is 0 Å². The molecule has 1 saturated carbocycles. The molecule has 26 heavy (non-hydrogen) atoms. The zero-order valence-electron chi connectivity index (χ0n) is 15.7. The van der Waals surface area contributed by atoms with Crippen molar-refractivity contribution in [2.24, 2.45) is 0 Å². The molecule has 0 saturated heterocycles. The molecule has 0 unspecified atom stereocenters. The van der Waals surface area contributed by atoms with Gasteiger partial charge in [-0.15, -0.1) is 0 Å². The van der Waals surface area contributed by atoms with Gasteiger partial charge in [0.25, 0.3) is 5.91 Å². The zero-order valence-corrected chi connectivity index (χ0v) is 16.5. The normalized spacial score (nSPS) is 15.7. The van der Waals surface area contributed by atoms with Crippen molar-refractivity contribution < 1.29 is 22.7 Å². The Bertz CT molecular complexity index is 714. The van der Waals surface area contributed by atoms with Crippen molar-refractivity contribution in [2.75, 3.05) is 33.6 Å². The molecule has 0 spiro atoms. The predicted octanol–water partition coefficient (Wildman–Crippen LogP) is 2.03. The maximum atomic E-state index is 12.5. The zero-order chi connectivity index (χ0) is 19.2. The highest BCUT2D eigenvalue weighted by Gasteiger charge is 2.27. The van der Waals surface area contributed by atoms with E-state index in [1.165, 1.54) is 24.9 Å². The highest BCUT2D eigenvalue weighted by atomic mass is 32.2. The Balaban J connectivity index is 1.93. The Morgan fingerprint density at radius 2 is 1.88 bits per heavy atom. The van der Waals surface area contributed by atoms with Crippen molar-refractivity contribution in [3.63, 3.8) is 0 Å². The first kappa shape index (κ1) is 20.5. The number of carbonyl (C=O) groups excluding carboxylic acids is 1. The first-order valence-corrected chi connectivity index (χ1v) is 10.5. The van der Waals surface area contributed by atoms with Crippen LogP contribution >= 0.6 is 0 Å². The summed E-state index contributed by atoms with van der Waals surface area (Å²) in [6.45, 7) is 0.0490. The Morgan fingerprint density at radius 1 is 1.19 bits per heavy atom. The summed E-state index contributed by atoms with van der Waals surface area (Å²) in [5, 5.41) is 2.66. The summed E-state index contributed by atoms with van der Waals surface area (Å²) >= 11 is 0. The number of nitrogens with one attached hydrogen (secondary N) is 1. The van der Waals surface area contributed by atoms with Gasteiger partial charge in [0.15, 0.2) is 0 Å². The third-order valence-corrected chi connectivity index (χ3v) is 6.72. The van der Waals surface area contributed by atoms with Gasteiger partial charge < -0.3 is 14.8 Å². The molecule has 0 aromatic heterocycles. The second-order valence-electron chi connectivity index (χ2n) is 6.45. The number of sulfonamides is 1. The van der Waals surface area contributed by atoms with Gasteiger partial charge in [0.1, 0.15) is 11.5 Å². The van der Waals surface area contributed by atoms with Crippen LogP contribution < -0.4 is 14.8 Å². The second-order valence-corrected chi connectivity index (χ2v) is 8.59. The van der Waals surface area contributed by atoms with Crippen LogP contribution in [0, 0.1) is 0 Å². The molecule has 1 aromatic rings. The van der Waals surface area contributed by atoms with Crippen molar-refractivity contribution in [3.05, 3.63) is 23.8 Å². The minimum absolute atomic E-state index is 0.0490. The quantitative estimate of drug-likeness (QED) is 0.741. The third kappa shape index (κ3) is 5.11. The van der Waals surface area contributed by atoms with Crippen molar-refractivity contribution in [2.45, 2.75) is 38.1 Å². The fraction of sp³-hybridized carbons (Fsp3) is 0.611. The number of nitrogens with zero attached hydrogens (tertiary/aromatic N) is 1. The Labute approximate surface area is 155 Å². The molecule has 0 atom stereocenters. The minimum atomic E-state index is -3.40. The standard InChI is InChI=1S/C18H28N2O5S/c1-20(14-7-5-4-6-8-14)26(22,23)12-11-19-18(21)16-10-9-15(24-2)13-17(16)25-3/h9-10,13-14H,4-8,11-12H2,1-3H3,(H,19,21). The number of ether oxygens (including phenoxy) is 2. The van der Waals surface area contributed by atoms with E-state index in [2.05, 4.69) is 5.32 Å². The van der Waals surface area contributed by atoms with Crippen LogP contribution in [0.5, 0.6) is 11.5 Å². The molecule has 1 N–H and O–H groups in total. The van der Waals surface area contributed by atoms with Crippen LogP contribution in [-0.4, -0.2) is 58.2 Å². The maximum Gasteiger partial charge on any atom is 0.255 e. The van der Waals surface area contributed by atoms with Crippen LogP contribution in [0.15, 0.2) is 18.2 Å². The van der Waals surface area contributed by atoms with E-state index in [1.807, 2.05) is 0 Å². The summed E-state index contributed by atoms with van der Waals surface area (Å²) in [6.07, 6.45) is 5.12. The first-order valence-electron chi connectivity index (χ1n) is 8.85. The van der Waals surface area contributed by atoms with Gasteiger partial charge >= 0.3 is 0 Å². The maximum absolute atomic E-state index is 12.5. The molecule has 0 bridgehead atoms. The molecule has 1 aliphatic carbocycles. The summed E-state index contributed by atoms with van der Waals surface area (Å²) in [6, 6.07) is 4.94. The number of carbonyl (C=O) groups is 1. The largest absolute Gasteiger partial charge is 0.497 e. The second kappa shape index (κ2) is 9.23.